The summed E-state index contributed by atoms with van der Waals surface area (Å²) in [5.74, 6) is 0.398. The third kappa shape index (κ3) is 5.01. The molecule has 0 bridgehead atoms. The van der Waals surface area contributed by atoms with E-state index in [4.69, 9.17) is 16.3 Å². The first-order chi connectivity index (χ1) is 13.0. The summed E-state index contributed by atoms with van der Waals surface area (Å²) in [6.07, 6.45) is 6.68. The van der Waals surface area contributed by atoms with Crippen molar-refractivity contribution >= 4 is 23.4 Å². The predicted octanol–water partition coefficient (Wildman–Crippen LogP) is 2.31. The summed E-state index contributed by atoms with van der Waals surface area (Å²) in [6.45, 7) is 2.26. The maximum atomic E-state index is 12.7. The van der Waals surface area contributed by atoms with E-state index in [1.165, 1.54) is 0 Å². The topological polar surface area (TPSA) is 67.7 Å². The second kappa shape index (κ2) is 8.90. The minimum atomic E-state index is -0.110. The molecule has 0 N–H and O–H groups in total. The van der Waals surface area contributed by atoms with Crippen LogP contribution in [0.2, 0.25) is 5.02 Å². The molecule has 2 aromatic rings. The maximum Gasteiger partial charge on any atom is 0.257 e. The SMILES string of the molecule is CN1CCCCN(C(=O)Cn2ccnc2)CCOc2ccc(Cl)cc2C1=O. The van der Waals surface area contributed by atoms with Gasteiger partial charge in [0.05, 0.1) is 18.4 Å². The number of fused-ring (bicyclic) bond motifs is 1. The molecule has 1 aliphatic rings. The molecule has 7 nitrogen and oxygen atoms in total. The number of hydrogen-bond donors (Lipinski definition) is 0. The van der Waals surface area contributed by atoms with Crippen LogP contribution >= 0.6 is 11.6 Å². The number of halogens is 1. The molecule has 8 heteroatoms. The molecule has 3 rings (SSSR count). The summed E-state index contributed by atoms with van der Waals surface area (Å²) in [5, 5.41) is 0.489. The van der Waals surface area contributed by atoms with Crippen molar-refractivity contribution in [2.24, 2.45) is 0 Å². The minimum absolute atomic E-state index is 0.0226. The van der Waals surface area contributed by atoms with E-state index in [-0.39, 0.29) is 18.4 Å². The average molecular weight is 391 g/mol. The summed E-state index contributed by atoms with van der Waals surface area (Å²) >= 11 is 6.06. The summed E-state index contributed by atoms with van der Waals surface area (Å²) in [5.41, 5.74) is 0.446. The van der Waals surface area contributed by atoms with E-state index in [0.29, 0.717) is 42.6 Å². The van der Waals surface area contributed by atoms with E-state index in [1.54, 1.807) is 58.3 Å². The molecule has 1 aromatic carbocycles. The first-order valence-electron chi connectivity index (χ1n) is 8.96. The maximum absolute atomic E-state index is 12.7. The van der Waals surface area contributed by atoms with E-state index >= 15 is 0 Å². The Morgan fingerprint density at radius 1 is 1.26 bits per heavy atom. The number of ether oxygens (including phenoxy) is 1. The molecule has 0 fully saturated rings. The number of rotatable bonds is 2. The molecular formula is C19H23ClN4O3. The van der Waals surface area contributed by atoms with Crippen LogP contribution in [-0.4, -0.2) is 64.5 Å². The molecule has 0 radical (unpaired) electrons. The monoisotopic (exact) mass is 390 g/mol. The van der Waals surface area contributed by atoms with Crippen LogP contribution in [0.1, 0.15) is 23.2 Å². The molecule has 2 amide bonds. The van der Waals surface area contributed by atoms with Crippen molar-refractivity contribution in [3.63, 3.8) is 0 Å². The zero-order valence-electron chi connectivity index (χ0n) is 15.3. The smallest absolute Gasteiger partial charge is 0.257 e. The van der Waals surface area contributed by atoms with Gasteiger partial charge in [-0.25, -0.2) is 4.98 Å². The van der Waals surface area contributed by atoms with E-state index < -0.39 is 0 Å². The van der Waals surface area contributed by atoms with Crippen LogP contribution in [0, 0.1) is 0 Å². The second-order valence-electron chi connectivity index (χ2n) is 6.54. The Labute approximate surface area is 163 Å². The number of aromatic nitrogens is 2. The van der Waals surface area contributed by atoms with Crippen LogP contribution in [0.15, 0.2) is 36.9 Å². The molecule has 0 unspecified atom stereocenters. The molecule has 0 saturated carbocycles. The molecule has 144 valence electrons. The third-order valence-corrected chi connectivity index (χ3v) is 4.77. The highest BCUT2D eigenvalue weighted by atomic mass is 35.5. The highest BCUT2D eigenvalue weighted by molar-refractivity contribution is 6.31. The van der Waals surface area contributed by atoms with Gasteiger partial charge >= 0.3 is 0 Å². The largest absolute Gasteiger partial charge is 0.491 e. The fourth-order valence-electron chi connectivity index (χ4n) is 3.02. The van der Waals surface area contributed by atoms with E-state index in [0.717, 1.165) is 12.8 Å². The molecule has 0 spiro atoms. The summed E-state index contributed by atoms with van der Waals surface area (Å²) in [4.78, 5) is 32.7. The van der Waals surface area contributed by atoms with Crippen LogP contribution in [0.25, 0.3) is 0 Å². The van der Waals surface area contributed by atoms with Crippen molar-refractivity contribution in [2.75, 3.05) is 33.3 Å². The lowest BCUT2D eigenvalue weighted by Crippen LogP contribution is -2.38. The van der Waals surface area contributed by atoms with Crippen molar-refractivity contribution in [2.45, 2.75) is 19.4 Å². The molecule has 27 heavy (non-hydrogen) atoms. The standard InChI is InChI=1S/C19H23ClN4O3/c1-22-7-2-3-8-24(18(25)13-23-9-6-21-14-23)10-11-27-17-5-4-15(20)12-16(17)19(22)26/h4-6,9,12,14H,2-3,7-8,10-11,13H2,1H3. The van der Waals surface area contributed by atoms with E-state index in [2.05, 4.69) is 4.98 Å². The number of carbonyl (C=O) groups excluding carboxylic acids is 2. The van der Waals surface area contributed by atoms with Crippen LogP contribution in [0.5, 0.6) is 5.75 Å². The lowest BCUT2D eigenvalue weighted by Gasteiger charge is -2.26. The number of benzene rings is 1. The van der Waals surface area contributed by atoms with Gasteiger partial charge in [-0.1, -0.05) is 11.6 Å². The molecule has 1 aromatic heterocycles. The average Bonchev–Trinajstić information content (AvgIpc) is 3.15. The Morgan fingerprint density at radius 2 is 2.07 bits per heavy atom. The van der Waals surface area contributed by atoms with Crippen LogP contribution in [0.3, 0.4) is 0 Å². The molecular weight excluding hydrogens is 368 g/mol. The van der Waals surface area contributed by atoms with Crippen LogP contribution in [0.4, 0.5) is 0 Å². The zero-order valence-corrected chi connectivity index (χ0v) is 16.1. The van der Waals surface area contributed by atoms with Crippen molar-refractivity contribution in [1.82, 2.24) is 19.4 Å². The van der Waals surface area contributed by atoms with Gasteiger partial charge in [0.15, 0.2) is 0 Å². The summed E-state index contributed by atoms with van der Waals surface area (Å²) in [6, 6.07) is 5.03. The van der Waals surface area contributed by atoms with Crippen LogP contribution < -0.4 is 4.74 Å². The molecule has 2 heterocycles. The predicted molar refractivity (Wildman–Crippen MR) is 102 cm³/mol. The van der Waals surface area contributed by atoms with E-state index in [9.17, 15) is 9.59 Å². The van der Waals surface area contributed by atoms with Gasteiger partial charge in [-0.05, 0) is 31.0 Å². The number of amides is 2. The fraction of sp³-hybridized carbons (Fsp3) is 0.421. The van der Waals surface area contributed by atoms with Gasteiger partial charge in [0, 0.05) is 37.6 Å². The first-order valence-corrected chi connectivity index (χ1v) is 9.34. The van der Waals surface area contributed by atoms with Gasteiger partial charge in [-0.2, -0.15) is 0 Å². The van der Waals surface area contributed by atoms with Gasteiger partial charge < -0.3 is 19.1 Å². The zero-order chi connectivity index (χ0) is 19.2. The number of imidazole rings is 1. The Balaban J connectivity index is 1.74. The van der Waals surface area contributed by atoms with Crippen LogP contribution in [-0.2, 0) is 11.3 Å². The Kier molecular flexibility index (Phi) is 6.34. The van der Waals surface area contributed by atoms with Gasteiger partial charge in [0.2, 0.25) is 5.91 Å². The van der Waals surface area contributed by atoms with Crippen molar-refractivity contribution in [1.29, 1.82) is 0 Å². The quantitative estimate of drug-likeness (QED) is 0.789. The Morgan fingerprint density at radius 3 is 2.85 bits per heavy atom. The molecule has 1 aliphatic heterocycles. The number of hydrogen-bond acceptors (Lipinski definition) is 4. The van der Waals surface area contributed by atoms with Gasteiger partial charge in [0.25, 0.3) is 5.91 Å². The normalized spacial score (nSPS) is 16.1. The highest BCUT2D eigenvalue weighted by Gasteiger charge is 2.20. The summed E-state index contributed by atoms with van der Waals surface area (Å²) in [7, 11) is 1.76. The molecule has 0 aliphatic carbocycles. The second-order valence-corrected chi connectivity index (χ2v) is 6.97. The molecule has 0 saturated heterocycles. The van der Waals surface area contributed by atoms with Crippen molar-refractivity contribution in [3.8, 4) is 5.75 Å². The van der Waals surface area contributed by atoms with Gasteiger partial charge in [-0.3, -0.25) is 9.59 Å². The number of nitrogens with zero attached hydrogens (tertiary/aromatic N) is 4. The first kappa shape index (κ1) is 19.2. The highest BCUT2D eigenvalue weighted by Crippen LogP contribution is 2.24. The van der Waals surface area contributed by atoms with Gasteiger partial charge in [0.1, 0.15) is 18.9 Å². The lowest BCUT2D eigenvalue weighted by atomic mass is 10.1. The van der Waals surface area contributed by atoms with Crippen molar-refractivity contribution in [3.05, 3.63) is 47.5 Å². The molecule has 0 atom stereocenters. The lowest BCUT2D eigenvalue weighted by molar-refractivity contribution is -0.132. The Hall–Kier alpha value is -2.54. The number of carbonyl (C=O) groups is 2. The minimum Gasteiger partial charge on any atom is -0.491 e. The fourth-order valence-corrected chi connectivity index (χ4v) is 3.19. The summed E-state index contributed by atoms with van der Waals surface area (Å²) < 4.78 is 7.58. The van der Waals surface area contributed by atoms with Gasteiger partial charge in [-0.15, -0.1) is 0 Å². The Bertz CT molecular complexity index is 794. The van der Waals surface area contributed by atoms with Crippen molar-refractivity contribution < 1.29 is 14.3 Å². The third-order valence-electron chi connectivity index (χ3n) is 4.54. The van der Waals surface area contributed by atoms with E-state index in [1.807, 2.05) is 0 Å².